The number of hydrogen-bond donors (Lipinski definition) is 1. The van der Waals surface area contributed by atoms with Crippen molar-refractivity contribution in [2.75, 3.05) is 29.9 Å². The van der Waals surface area contributed by atoms with Crippen LogP contribution in [0, 0.1) is 0 Å². The van der Waals surface area contributed by atoms with Gasteiger partial charge in [-0.2, -0.15) is 11.8 Å². The first kappa shape index (κ1) is 21.5. The average molecular weight is 450 g/mol. The Kier molecular flexibility index (Phi) is 7.27. The number of pyridine rings is 1. The molecule has 0 spiro atoms. The fourth-order valence-electron chi connectivity index (χ4n) is 3.25. The number of benzene rings is 2. The van der Waals surface area contributed by atoms with E-state index in [1.54, 1.807) is 18.3 Å². The monoisotopic (exact) mass is 449 g/mol. The van der Waals surface area contributed by atoms with Crippen LogP contribution in [0.5, 0.6) is 0 Å². The molecule has 0 bridgehead atoms. The number of rotatable bonds is 6. The van der Waals surface area contributed by atoms with Gasteiger partial charge in [0.1, 0.15) is 5.03 Å². The molecule has 2 aromatic carbocycles. The van der Waals surface area contributed by atoms with Crippen molar-refractivity contribution in [3.63, 3.8) is 0 Å². The highest BCUT2D eigenvalue weighted by atomic mass is 32.2. The van der Waals surface area contributed by atoms with Crippen LogP contribution in [0.1, 0.15) is 15.9 Å². The van der Waals surface area contributed by atoms with E-state index in [2.05, 4.69) is 10.3 Å². The van der Waals surface area contributed by atoms with Crippen molar-refractivity contribution in [2.24, 2.45) is 0 Å². The number of nitrogens with one attached hydrogen (secondary N) is 1. The van der Waals surface area contributed by atoms with Crippen LogP contribution in [0.3, 0.4) is 0 Å². The van der Waals surface area contributed by atoms with Gasteiger partial charge in [0.05, 0.1) is 12.0 Å². The lowest BCUT2D eigenvalue weighted by molar-refractivity contribution is -0.130. The van der Waals surface area contributed by atoms with Gasteiger partial charge in [-0.15, -0.1) is 0 Å². The smallest absolute Gasteiger partial charge is 0.258 e. The summed E-state index contributed by atoms with van der Waals surface area (Å²) in [6, 6.07) is 20.9. The molecule has 1 aliphatic rings. The number of amides is 2. The summed E-state index contributed by atoms with van der Waals surface area (Å²) in [4.78, 5) is 32.6. The minimum Gasteiger partial charge on any atom is -0.341 e. The largest absolute Gasteiger partial charge is 0.341 e. The molecule has 0 atom stereocenters. The van der Waals surface area contributed by atoms with Crippen LogP contribution in [0.2, 0.25) is 0 Å². The van der Waals surface area contributed by atoms with E-state index in [0.717, 1.165) is 35.1 Å². The predicted octanol–water partition coefficient (Wildman–Crippen LogP) is 4.60. The molecule has 2 heterocycles. The quantitative estimate of drug-likeness (QED) is 0.596. The molecule has 0 aliphatic carbocycles. The fraction of sp³-hybridized carbons (Fsp3) is 0.208. The zero-order valence-corrected chi connectivity index (χ0v) is 18.6. The molecular weight excluding hydrogens is 426 g/mol. The molecule has 158 valence electrons. The van der Waals surface area contributed by atoms with Crippen molar-refractivity contribution in [2.45, 2.75) is 16.3 Å². The summed E-state index contributed by atoms with van der Waals surface area (Å²) >= 11 is 3.35. The first-order valence-electron chi connectivity index (χ1n) is 10.1. The van der Waals surface area contributed by atoms with Crippen molar-refractivity contribution < 1.29 is 9.59 Å². The maximum atomic E-state index is 12.9. The fourth-order valence-corrected chi connectivity index (χ4v) is 5.05. The molecule has 1 saturated heterocycles. The van der Waals surface area contributed by atoms with Gasteiger partial charge in [0.2, 0.25) is 5.91 Å². The Balaban J connectivity index is 1.39. The van der Waals surface area contributed by atoms with Gasteiger partial charge in [-0.3, -0.25) is 9.59 Å². The van der Waals surface area contributed by atoms with Gasteiger partial charge in [-0.05, 0) is 42.0 Å². The van der Waals surface area contributed by atoms with Crippen LogP contribution in [0.15, 0.2) is 82.8 Å². The van der Waals surface area contributed by atoms with Crippen molar-refractivity contribution in [3.05, 3.63) is 84.1 Å². The van der Waals surface area contributed by atoms with E-state index in [4.69, 9.17) is 0 Å². The molecule has 5 nitrogen and oxygen atoms in total. The van der Waals surface area contributed by atoms with Crippen LogP contribution in [-0.4, -0.2) is 46.3 Å². The average Bonchev–Trinajstić information content (AvgIpc) is 2.82. The summed E-state index contributed by atoms with van der Waals surface area (Å²) < 4.78 is 0. The Morgan fingerprint density at radius 2 is 1.71 bits per heavy atom. The SMILES string of the molecule is O=C(Nc1ccc(CC(=O)N2CCSCC2)cc1)c1cccnc1Sc1ccccc1. The minimum absolute atomic E-state index is 0.162. The zero-order chi connectivity index (χ0) is 21.5. The second-order valence-corrected chi connectivity index (χ2v) is 9.38. The Hall–Kier alpha value is -2.77. The lowest BCUT2D eigenvalue weighted by Gasteiger charge is -2.26. The summed E-state index contributed by atoms with van der Waals surface area (Å²) in [5.41, 5.74) is 2.16. The van der Waals surface area contributed by atoms with E-state index >= 15 is 0 Å². The lowest BCUT2D eigenvalue weighted by Crippen LogP contribution is -2.38. The first-order valence-corrected chi connectivity index (χ1v) is 12.1. The van der Waals surface area contributed by atoms with E-state index in [-0.39, 0.29) is 11.8 Å². The molecule has 4 rings (SSSR count). The highest BCUT2D eigenvalue weighted by molar-refractivity contribution is 7.99. The standard InChI is InChI=1S/C24H23N3O2S2/c28-22(27-13-15-30-16-14-27)17-18-8-10-19(11-9-18)26-23(29)21-7-4-12-25-24(21)31-20-5-2-1-3-6-20/h1-12H,13-17H2,(H,26,29). The van der Waals surface area contributed by atoms with Crippen molar-refractivity contribution in [3.8, 4) is 0 Å². The number of aromatic nitrogens is 1. The van der Waals surface area contributed by atoms with Crippen molar-refractivity contribution in [1.29, 1.82) is 0 Å². The number of hydrogen-bond acceptors (Lipinski definition) is 5. The van der Waals surface area contributed by atoms with E-state index < -0.39 is 0 Å². The van der Waals surface area contributed by atoms with Crippen LogP contribution in [-0.2, 0) is 11.2 Å². The number of carbonyl (C=O) groups excluding carboxylic acids is 2. The Bertz CT molecular complexity index is 1040. The third-order valence-electron chi connectivity index (χ3n) is 4.90. The molecule has 31 heavy (non-hydrogen) atoms. The molecule has 7 heteroatoms. The summed E-state index contributed by atoms with van der Waals surface area (Å²) in [6.07, 6.45) is 2.08. The van der Waals surface area contributed by atoms with Crippen LogP contribution in [0.4, 0.5) is 5.69 Å². The molecule has 1 N–H and O–H groups in total. The second kappa shape index (κ2) is 10.5. The normalized spacial score (nSPS) is 13.6. The molecule has 0 radical (unpaired) electrons. The molecule has 2 amide bonds. The minimum atomic E-state index is -0.207. The second-order valence-electron chi connectivity index (χ2n) is 7.09. The van der Waals surface area contributed by atoms with Gasteiger partial charge in [-0.25, -0.2) is 4.98 Å². The van der Waals surface area contributed by atoms with E-state index in [0.29, 0.717) is 22.7 Å². The van der Waals surface area contributed by atoms with Gasteiger partial charge >= 0.3 is 0 Å². The molecule has 1 fully saturated rings. The van der Waals surface area contributed by atoms with E-state index in [9.17, 15) is 9.59 Å². The first-order chi connectivity index (χ1) is 15.2. The maximum Gasteiger partial charge on any atom is 0.258 e. The van der Waals surface area contributed by atoms with E-state index in [1.807, 2.05) is 71.3 Å². The van der Waals surface area contributed by atoms with Crippen LogP contribution < -0.4 is 5.32 Å². The molecule has 0 saturated carbocycles. The molecule has 1 aliphatic heterocycles. The number of nitrogens with zero attached hydrogens (tertiary/aromatic N) is 2. The van der Waals surface area contributed by atoms with E-state index in [1.165, 1.54) is 11.8 Å². The van der Waals surface area contributed by atoms with Gasteiger partial charge in [0.25, 0.3) is 5.91 Å². The topological polar surface area (TPSA) is 62.3 Å². The van der Waals surface area contributed by atoms with Crippen LogP contribution >= 0.6 is 23.5 Å². The maximum absolute atomic E-state index is 12.9. The third kappa shape index (κ3) is 5.89. The molecular formula is C24H23N3O2S2. The van der Waals surface area contributed by atoms with Gasteiger partial charge < -0.3 is 10.2 Å². The Morgan fingerprint density at radius 3 is 2.45 bits per heavy atom. The number of carbonyl (C=O) groups is 2. The highest BCUT2D eigenvalue weighted by Crippen LogP contribution is 2.28. The predicted molar refractivity (Wildman–Crippen MR) is 127 cm³/mol. The number of thioether (sulfide) groups is 1. The zero-order valence-electron chi connectivity index (χ0n) is 17.0. The summed E-state index contributed by atoms with van der Waals surface area (Å²) in [7, 11) is 0. The lowest BCUT2D eigenvalue weighted by atomic mass is 10.1. The molecule has 3 aromatic rings. The third-order valence-corrected chi connectivity index (χ3v) is 6.87. The Labute approximate surface area is 190 Å². The highest BCUT2D eigenvalue weighted by Gasteiger charge is 2.17. The van der Waals surface area contributed by atoms with Crippen LogP contribution in [0.25, 0.3) is 0 Å². The summed E-state index contributed by atoms with van der Waals surface area (Å²) in [5, 5.41) is 3.60. The van der Waals surface area contributed by atoms with Gasteiger partial charge in [0.15, 0.2) is 0 Å². The number of anilines is 1. The Morgan fingerprint density at radius 1 is 0.968 bits per heavy atom. The summed E-state index contributed by atoms with van der Waals surface area (Å²) in [6.45, 7) is 1.65. The van der Waals surface area contributed by atoms with Crippen molar-refractivity contribution >= 4 is 41.0 Å². The molecule has 0 unspecified atom stereocenters. The summed E-state index contributed by atoms with van der Waals surface area (Å²) in [5.74, 6) is 1.97. The van der Waals surface area contributed by atoms with Gasteiger partial charge in [-0.1, -0.05) is 42.1 Å². The van der Waals surface area contributed by atoms with Gasteiger partial charge in [0, 0.05) is 41.4 Å². The van der Waals surface area contributed by atoms with Crippen molar-refractivity contribution in [1.82, 2.24) is 9.88 Å². The molecule has 1 aromatic heterocycles.